The molecule has 0 aliphatic rings. The van der Waals surface area contributed by atoms with Crippen LogP contribution in [0.3, 0.4) is 0 Å². The quantitative estimate of drug-likeness (QED) is 0.671. The van der Waals surface area contributed by atoms with Crippen LogP contribution < -0.4 is 10.6 Å². The van der Waals surface area contributed by atoms with Crippen LogP contribution in [0, 0.1) is 0 Å². The molecule has 1 aromatic heterocycles. The molecule has 0 saturated carbocycles. The van der Waals surface area contributed by atoms with Gasteiger partial charge in [-0.05, 0) is 54.6 Å². The van der Waals surface area contributed by atoms with E-state index in [1.165, 1.54) is 18.5 Å². The predicted octanol–water partition coefficient (Wildman–Crippen LogP) is 4.89. The van der Waals surface area contributed by atoms with Crippen LogP contribution in [0.2, 0.25) is 10.0 Å². The minimum atomic E-state index is -0.374. The van der Waals surface area contributed by atoms with Gasteiger partial charge < -0.3 is 10.6 Å². The van der Waals surface area contributed by atoms with E-state index in [0.717, 1.165) is 0 Å². The highest BCUT2D eigenvalue weighted by atomic mass is 35.5. The Morgan fingerprint density at radius 2 is 1.08 bits per heavy atom. The maximum absolute atomic E-state index is 12.3. The number of rotatable bonds is 4. The van der Waals surface area contributed by atoms with Gasteiger partial charge in [-0.25, -0.2) is 0 Å². The molecule has 0 aliphatic heterocycles. The minimum Gasteiger partial charge on any atom is -0.322 e. The molecule has 7 heteroatoms. The van der Waals surface area contributed by atoms with Crippen LogP contribution >= 0.6 is 23.2 Å². The van der Waals surface area contributed by atoms with E-state index in [2.05, 4.69) is 15.6 Å². The molecule has 2 amide bonds. The van der Waals surface area contributed by atoms with E-state index in [0.29, 0.717) is 21.4 Å². The molecule has 2 N–H and O–H groups in total. The van der Waals surface area contributed by atoms with Crippen LogP contribution in [0.5, 0.6) is 0 Å². The molecule has 0 aliphatic carbocycles. The lowest BCUT2D eigenvalue weighted by molar-refractivity contribution is 0.102. The zero-order valence-electron chi connectivity index (χ0n) is 13.4. The number of nitrogens with zero attached hydrogens (tertiary/aromatic N) is 1. The van der Waals surface area contributed by atoms with Gasteiger partial charge in [0.1, 0.15) is 0 Å². The Bertz CT molecular complexity index is 867. The van der Waals surface area contributed by atoms with Gasteiger partial charge in [0, 0.05) is 33.8 Å². The SMILES string of the molecule is O=C(Nc1ccc(Cl)cc1)c1cncc(C(=O)Nc2ccc(Cl)cc2)c1. The van der Waals surface area contributed by atoms with Crippen molar-refractivity contribution in [3.63, 3.8) is 0 Å². The first-order valence-electron chi connectivity index (χ1n) is 7.60. The Labute approximate surface area is 160 Å². The van der Waals surface area contributed by atoms with E-state index in [9.17, 15) is 9.59 Å². The molecule has 0 spiro atoms. The van der Waals surface area contributed by atoms with Gasteiger partial charge in [0.2, 0.25) is 0 Å². The molecule has 3 rings (SSSR count). The monoisotopic (exact) mass is 385 g/mol. The summed E-state index contributed by atoms with van der Waals surface area (Å²) in [6.45, 7) is 0. The summed E-state index contributed by atoms with van der Waals surface area (Å²) in [7, 11) is 0. The second-order valence-corrected chi connectivity index (χ2v) is 6.26. The number of pyridine rings is 1. The zero-order chi connectivity index (χ0) is 18.5. The lowest BCUT2D eigenvalue weighted by Gasteiger charge is -2.08. The van der Waals surface area contributed by atoms with Crippen molar-refractivity contribution < 1.29 is 9.59 Å². The third-order valence-corrected chi connectivity index (χ3v) is 3.97. The van der Waals surface area contributed by atoms with Gasteiger partial charge in [0.05, 0.1) is 11.1 Å². The van der Waals surface area contributed by atoms with Crippen molar-refractivity contribution >= 4 is 46.4 Å². The predicted molar refractivity (Wildman–Crippen MR) is 103 cm³/mol. The van der Waals surface area contributed by atoms with Crippen LogP contribution in [0.4, 0.5) is 11.4 Å². The topological polar surface area (TPSA) is 71.1 Å². The van der Waals surface area contributed by atoms with Crippen LogP contribution in [0.25, 0.3) is 0 Å². The molecular formula is C19H13Cl2N3O2. The number of hydrogen-bond acceptors (Lipinski definition) is 3. The first-order chi connectivity index (χ1) is 12.5. The van der Waals surface area contributed by atoms with E-state index in [4.69, 9.17) is 23.2 Å². The van der Waals surface area contributed by atoms with Gasteiger partial charge >= 0.3 is 0 Å². The number of halogens is 2. The van der Waals surface area contributed by atoms with E-state index in [1.807, 2.05) is 0 Å². The lowest BCUT2D eigenvalue weighted by atomic mass is 10.1. The summed E-state index contributed by atoms with van der Waals surface area (Å²) in [6, 6.07) is 14.9. The molecule has 0 atom stereocenters. The maximum Gasteiger partial charge on any atom is 0.257 e. The van der Waals surface area contributed by atoms with Crippen LogP contribution in [-0.2, 0) is 0 Å². The van der Waals surface area contributed by atoms with Crippen molar-refractivity contribution in [1.29, 1.82) is 0 Å². The lowest BCUT2D eigenvalue weighted by Crippen LogP contribution is -2.16. The summed E-state index contributed by atoms with van der Waals surface area (Å²) >= 11 is 11.6. The van der Waals surface area contributed by atoms with Gasteiger partial charge in [-0.15, -0.1) is 0 Å². The average Bonchev–Trinajstić information content (AvgIpc) is 2.65. The van der Waals surface area contributed by atoms with E-state index in [1.54, 1.807) is 48.5 Å². The number of amides is 2. The molecule has 1 heterocycles. The van der Waals surface area contributed by atoms with E-state index >= 15 is 0 Å². The molecule has 0 saturated heterocycles. The zero-order valence-corrected chi connectivity index (χ0v) is 14.9. The first-order valence-corrected chi connectivity index (χ1v) is 8.36. The van der Waals surface area contributed by atoms with Gasteiger partial charge in [0.25, 0.3) is 11.8 Å². The highest BCUT2D eigenvalue weighted by molar-refractivity contribution is 6.31. The highest BCUT2D eigenvalue weighted by Crippen LogP contribution is 2.16. The fraction of sp³-hybridized carbons (Fsp3) is 0. The van der Waals surface area contributed by atoms with Crippen molar-refractivity contribution in [2.75, 3.05) is 10.6 Å². The Morgan fingerprint density at radius 1 is 0.692 bits per heavy atom. The second-order valence-electron chi connectivity index (χ2n) is 5.38. The van der Waals surface area contributed by atoms with Crippen LogP contribution in [0.1, 0.15) is 20.7 Å². The standard InChI is InChI=1S/C19H13Cl2N3O2/c20-14-1-5-16(6-2-14)23-18(25)12-9-13(11-22-10-12)19(26)24-17-7-3-15(21)4-8-17/h1-11H,(H,23,25)(H,24,26). The van der Waals surface area contributed by atoms with Gasteiger partial charge in [0.15, 0.2) is 0 Å². The molecule has 130 valence electrons. The number of aromatic nitrogens is 1. The van der Waals surface area contributed by atoms with Gasteiger partial charge in [-0.1, -0.05) is 23.2 Å². The molecule has 0 bridgehead atoms. The van der Waals surface area contributed by atoms with Crippen molar-refractivity contribution in [2.45, 2.75) is 0 Å². The number of carbonyl (C=O) groups excluding carboxylic acids is 2. The Morgan fingerprint density at radius 3 is 1.46 bits per heavy atom. The van der Waals surface area contributed by atoms with Crippen LogP contribution in [-0.4, -0.2) is 16.8 Å². The molecule has 2 aromatic carbocycles. The Kier molecular flexibility index (Phi) is 5.51. The van der Waals surface area contributed by atoms with Gasteiger partial charge in [-0.2, -0.15) is 0 Å². The number of nitrogens with one attached hydrogen (secondary N) is 2. The first kappa shape index (κ1) is 17.9. The largest absolute Gasteiger partial charge is 0.322 e. The molecule has 3 aromatic rings. The van der Waals surface area contributed by atoms with Crippen molar-refractivity contribution in [1.82, 2.24) is 4.98 Å². The minimum absolute atomic E-state index is 0.267. The molecule has 5 nitrogen and oxygen atoms in total. The number of benzene rings is 2. The smallest absolute Gasteiger partial charge is 0.257 e. The van der Waals surface area contributed by atoms with Crippen molar-refractivity contribution in [3.8, 4) is 0 Å². The van der Waals surface area contributed by atoms with Crippen molar-refractivity contribution in [3.05, 3.63) is 88.2 Å². The third kappa shape index (κ3) is 4.59. The molecule has 0 fully saturated rings. The number of anilines is 2. The average molecular weight is 386 g/mol. The van der Waals surface area contributed by atoms with E-state index < -0.39 is 0 Å². The van der Waals surface area contributed by atoms with Crippen LogP contribution in [0.15, 0.2) is 67.0 Å². The van der Waals surface area contributed by atoms with Crippen molar-refractivity contribution in [2.24, 2.45) is 0 Å². The fourth-order valence-electron chi connectivity index (χ4n) is 2.16. The molecule has 0 unspecified atom stereocenters. The normalized spacial score (nSPS) is 10.2. The summed E-state index contributed by atoms with van der Waals surface area (Å²) in [4.78, 5) is 28.7. The van der Waals surface area contributed by atoms with E-state index in [-0.39, 0.29) is 22.9 Å². The summed E-state index contributed by atoms with van der Waals surface area (Å²) in [5.74, 6) is -0.748. The molecule has 26 heavy (non-hydrogen) atoms. The summed E-state index contributed by atoms with van der Waals surface area (Å²) in [6.07, 6.45) is 2.79. The Balaban J connectivity index is 1.72. The Hall–Kier alpha value is -2.89. The fourth-order valence-corrected chi connectivity index (χ4v) is 2.41. The maximum atomic E-state index is 12.3. The number of hydrogen-bond donors (Lipinski definition) is 2. The van der Waals surface area contributed by atoms with Gasteiger partial charge in [-0.3, -0.25) is 14.6 Å². The molecule has 0 radical (unpaired) electrons. The molecular weight excluding hydrogens is 373 g/mol. The number of carbonyl (C=O) groups is 2. The summed E-state index contributed by atoms with van der Waals surface area (Å²) < 4.78 is 0. The summed E-state index contributed by atoms with van der Waals surface area (Å²) in [5.41, 5.74) is 1.72. The highest BCUT2D eigenvalue weighted by Gasteiger charge is 2.12. The summed E-state index contributed by atoms with van der Waals surface area (Å²) in [5, 5.41) is 6.60. The second kappa shape index (κ2) is 7.99. The third-order valence-electron chi connectivity index (χ3n) is 3.47.